The van der Waals surface area contributed by atoms with Gasteiger partial charge >= 0.3 is 0 Å². The molecule has 0 aromatic rings. The summed E-state index contributed by atoms with van der Waals surface area (Å²) in [4.78, 5) is 12.3. The van der Waals surface area contributed by atoms with E-state index in [1.807, 2.05) is 6.92 Å². The molecule has 0 heterocycles. The van der Waals surface area contributed by atoms with Crippen molar-refractivity contribution in [1.82, 2.24) is 10.6 Å². The number of nitrogens with one attached hydrogen (secondary N) is 2. The summed E-state index contributed by atoms with van der Waals surface area (Å²) in [6.45, 7) is 11.7. The minimum absolute atomic E-state index is 0.0417. The van der Waals surface area contributed by atoms with Crippen molar-refractivity contribution >= 4 is 5.91 Å². The summed E-state index contributed by atoms with van der Waals surface area (Å²) in [6, 6.07) is 0. The van der Waals surface area contributed by atoms with E-state index in [1.54, 1.807) is 0 Å². The second kappa shape index (κ2) is 6.66. The van der Waals surface area contributed by atoms with Gasteiger partial charge in [0.2, 0.25) is 5.91 Å². The first kappa shape index (κ1) is 16.8. The summed E-state index contributed by atoms with van der Waals surface area (Å²) in [5.41, 5.74) is 0.167. The summed E-state index contributed by atoms with van der Waals surface area (Å²) in [6.07, 6.45) is 4.84. The standard InChI is InChI=1S/C17H32N2O2/c1-5-21-10-6-9-18-12-15(20)19-17(4)14-8-7-13(11-14)16(17,2)3/h13-14,18H,5-12H2,1-4H3,(H,19,20)/t13-,14+,17+/m1/s1. The smallest absolute Gasteiger partial charge is 0.234 e. The van der Waals surface area contributed by atoms with Crippen molar-refractivity contribution in [3.8, 4) is 0 Å². The lowest BCUT2D eigenvalue weighted by Gasteiger charge is -2.48. The van der Waals surface area contributed by atoms with Crippen molar-refractivity contribution in [2.75, 3.05) is 26.3 Å². The van der Waals surface area contributed by atoms with Gasteiger partial charge in [-0.1, -0.05) is 13.8 Å². The van der Waals surface area contributed by atoms with Crippen LogP contribution in [0.5, 0.6) is 0 Å². The average Bonchev–Trinajstić information content (AvgIpc) is 2.97. The third-order valence-corrected chi connectivity index (χ3v) is 6.14. The van der Waals surface area contributed by atoms with Gasteiger partial charge in [0, 0.05) is 18.8 Å². The topological polar surface area (TPSA) is 50.4 Å². The first-order valence-corrected chi connectivity index (χ1v) is 8.51. The number of rotatable bonds is 8. The normalized spacial score (nSPS) is 33.3. The number of fused-ring (bicyclic) bond motifs is 2. The van der Waals surface area contributed by atoms with Crippen LogP contribution in [-0.2, 0) is 9.53 Å². The number of hydrogen-bond donors (Lipinski definition) is 2. The molecule has 0 aromatic carbocycles. The molecule has 21 heavy (non-hydrogen) atoms. The van der Waals surface area contributed by atoms with Crippen molar-refractivity contribution < 1.29 is 9.53 Å². The van der Waals surface area contributed by atoms with Gasteiger partial charge in [0.15, 0.2) is 0 Å². The van der Waals surface area contributed by atoms with Crippen LogP contribution >= 0.6 is 0 Å². The zero-order chi connectivity index (χ0) is 15.5. The van der Waals surface area contributed by atoms with Crippen LogP contribution in [0, 0.1) is 17.3 Å². The Bertz CT molecular complexity index is 370. The number of ether oxygens (including phenoxy) is 1. The van der Waals surface area contributed by atoms with Crippen LogP contribution in [0.1, 0.15) is 53.4 Å². The molecule has 0 aliphatic heterocycles. The van der Waals surface area contributed by atoms with Crippen LogP contribution in [-0.4, -0.2) is 37.7 Å². The third kappa shape index (κ3) is 3.26. The van der Waals surface area contributed by atoms with Crippen LogP contribution in [0.25, 0.3) is 0 Å². The van der Waals surface area contributed by atoms with Crippen molar-refractivity contribution in [2.45, 2.75) is 58.9 Å². The molecule has 122 valence electrons. The largest absolute Gasteiger partial charge is 0.382 e. The predicted octanol–water partition coefficient (Wildman–Crippen LogP) is 2.33. The Kier molecular flexibility index (Phi) is 5.31. The third-order valence-electron chi connectivity index (χ3n) is 6.14. The Labute approximate surface area is 129 Å². The molecular weight excluding hydrogens is 264 g/mol. The van der Waals surface area contributed by atoms with Gasteiger partial charge in [-0.25, -0.2) is 0 Å². The van der Waals surface area contributed by atoms with Gasteiger partial charge < -0.3 is 15.4 Å². The number of amides is 1. The maximum absolute atomic E-state index is 12.3. The van der Waals surface area contributed by atoms with Gasteiger partial charge in [-0.3, -0.25) is 4.79 Å². The van der Waals surface area contributed by atoms with Crippen molar-refractivity contribution in [3.63, 3.8) is 0 Å². The Balaban J connectivity index is 1.75. The Morgan fingerprint density at radius 3 is 2.57 bits per heavy atom. The minimum atomic E-state index is -0.0417. The lowest BCUT2D eigenvalue weighted by molar-refractivity contribution is -0.124. The summed E-state index contributed by atoms with van der Waals surface area (Å²) < 4.78 is 5.28. The second-order valence-corrected chi connectivity index (χ2v) is 7.41. The van der Waals surface area contributed by atoms with Gasteiger partial charge in [-0.15, -0.1) is 0 Å². The average molecular weight is 296 g/mol. The van der Waals surface area contributed by atoms with Crippen LogP contribution in [0.2, 0.25) is 0 Å². The summed E-state index contributed by atoms with van der Waals surface area (Å²) >= 11 is 0. The molecule has 2 fully saturated rings. The number of carbonyl (C=O) groups is 1. The molecule has 0 saturated heterocycles. The van der Waals surface area contributed by atoms with Gasteiger partial charge in [0.1, 0.15) is 0 Å². The summed E-state index contributed by atoms with van der Waals surface area (Å²) in [5.74, 6) is 1.56. The van der Waals surface area contributed by atoms with Crippen LogP contribution in [0.3, 0.4) is 0 Å². The lowest BCUT2D eigenvalue weighted by atomic mass is 9.64. The number of hydrogen-bond acceptors (Lipinski definition) is 3. The lowest BCUT2D eigenvalue weighted by Crippen LogP contribution is -2.60. The van der Waals surface area contributed by atoms with E-state index < -0.39 is 0 Å². The van der Waals surface area contributed by atoms with Gasteiger partial charge in [0.05, 0.1) is 6.54 Å². The van der Waals surface area contributed by atoms with E-state index in [0.717, 1.165) is 32.1 Å². The molecule has 4 nitrogen and oxygen atoms in total. The van der Waals surface area contributed by atoms with E-state index in [-0.39, 0.29) is 16.9 Å². The Morgan fingerprint density at radius 2 is 1.95 bits per heavy atom. The quantitative estimate of drug-likeness (QED) is 0.676. The first-order valence-electron chi connectivity index (χ1n) is 8.51. The van der Waals surface area contributed by atoms with E-state index in [0.29, 0.717) is 12.5 Å². The fourth-order valence-electron chi connectivity index (χ4n) is 4.35. The number of carbonyl (C=O) groups excluding carboxylic acids is 1. The van der Waals surface area contributed by atoms with Crippen LogP contribution in [0.15, 0.2) is 0 Å². The molecule has 2 aliphatic rings. The molecule has 2 aliphatic carbocycles. The SMILES string of the molecule is CCOCCCNCC(=O)N[C@@]1(C)[C@H]2CC[C@H](C2)C1(C)C. The highest BCUT2D eigenvalue weighted by atomic mass is 16.5. The molecule has 2 saturated carbocycles. The fraction of sp³-hybridized carbons (Fsp3) is 0.941. The molecule has 0 unspecified atom stereocenters. The Morgan fingerprint density at radius 1 is 1.24 bits per heavy atom. The molecule has 2 N–H and O–H groups in total. The molecule has 0 radical (unpaired) electrons. The van der Waals surface area contributed by atoms with E-state index in [9.17, 15) is 4.79 Å². The van der Waals surface area contributed by atoms with Gasteiger partial charge in [-0.2, -0.15) is 0 Å². The highest BCUT2D eigenvalue weighted by Crippen LogP contribution is 2.61. The maximum atomic E-state index is 12.3. The summed E-state index contributed by atoms with van der Waals surface area (Å²) in [7, 11) is 0. The second-order valence-electron chi connectivity index (χ2n) is 7.41. The van der Waals surface area contributed by atoms with Crippen molar-refractivity contribution in [2.24, 2.45) is 17.3 Å². The zero-order valence-electron chi connectivity index (χ0n) is 14.1. The Hall–Kier alpha value is -0.610. The fourth-order valence-corrected chi connectivity index (χ4v) is 4.35. The van der Waals surface area contributed by atoms with Crippen molar-refractivity contribution in [3.05, 3.63) is 0 Å². The molecule has 0 spiro atoms. The van der Waals surface area contributed by atoms with E-state index in [4.69, 9.17) is 4.74 Å². The molecule has 3 atom stereocenters. The molecular formula is C17H32N2O2. The molecule has 2 rings (SSSR count). The monoisotopic (exact) mass is 296 g/mol. The van der Waals surface area contributed by atoms with Crippen LogP contribution < -0.4 is 10.6 Å². The predicted molar refractivity (Wildman–Crippen MR) is 85.1 cm³/mol. The molecule has 2 bridgehead atoms. The molecule has 4 heteroatoms. The van der Waals surface area contributed by atoms with Crippen LogP contribution in [0.4, 0.5) is 0 Å². The van der Waals surface area contributed by atoms with E-state index >= 15 is 0 Å². The molecule has 0 aromatic heterocycles. The minimum Gasteiger partial charge on any atom is -0.382 e. The van der Waals surface area contributed by atoms with Gasteiger partial charge in [0.25, 0.3) is 0 Å². The maximum Gasteiger partial charge on any atom is 0.234 e. The van der Waals surface area contributed by atoms with Crippen molar-refractivity contribution in [1.29, 1.82) is 0 Å². The van der Waals surface area contributed by atoms with E-state index in [2.05, 4.69) is 31.4 Å². The highest BCUT2D eigenvalue weighted by molar-refractivity contribution is 5.79. The summed E-state index contributed by atoms with van der Waals surface area (Å²) in [5, 5.41) is 6.56. The zero-order valence-corrected chi connectivity index (χ0v) is 14.1. The highest BCUT2D eigenvalue weighted by Gasteiger charge is 2.60. The first-order chi connectivity index (χ1) is 9.91. The van der Waals surface area contributed by atoms with Gasteiger partial charge in [-0.05, 0) is 63.3 Å². The molecule has 1 amide bonds. The van der Waals surface area contributed by atoms with E-state index in [1.165, 1.54) is 19.3 Å².